The molecular weight excluding hydrogens is 372 g/mol. The van der Waals surface area contributed by atoms with Crippen LogP contribution in [0.25, 0.3) is 6.08 Å². The number of amides is 1. The summed E-state index contributed by atoms with van der Waals surface area (Å²) in [5, 5.41) is 0. The van der Waals surface area contributed by atoms with Crippen molar-refractivity contribution in [3.8, 4) is 0 Å². The van der Waals surface area contributed by atoms with Gasteiger partial charge in [-0.1, -0.05) is 78.6 Å². The van der Waals surface area contributed by atoms with Gasteiger partial charge in [-0.25, -0.2) is 0 Å². The number of hydrogen-bond donors (Lipinski definition) is 0. The molecule has 0 unspecified atom stereocenters. The Kier molecular flexibility index (Phi) is 6.48. The van der Waals surface area contributed by atoms with E-state index in [1.807, 2.05) is 50.5 Å². The highest BCUT2D eigenvalue weighted by atomic mass is 32.2. The molecule has 3 nitrogen and oxygen atoms in total. The second-order valence-electron chi connectivity index (χ2n) is 6.44. The molecule has 3 rings (SSSR count). The maximum Gasteiger partial charge on any atom is 0.266 e. The van der Waals surface area contributed by atoms with E-state index in [0.29, 0.717) is 15.8 Å². The van der Waals surface area contributed by atoms with Gasteiger partial charge in [0.15, 0.2) is 0 Å². The monoisotopic (exact) mass is 394 g/mol. The number of benzene rings is 2. The lowest BCUT2D eigenvalue weighted by molar-refractivity contribution is -0.122. The van der Waals surface area contributed by atoms with Crippen LogP contribution in [0.2, 0.25) is 0 Å². The molecule has 1 fully saturated rings. The van der Waals surface area contributed by atoms with Crippen LogP contribution in [-0.4, -0.2) is 35.8 Å². The molecule has 0 bridgehead atoms. The molecule has 1 saturated heterocycles. The van der Waals surface area contributed by atoms with Gasteiger partial charge in [0, 0.05) is 26.3 Å². The third-order valence-corrected chi connectivity index (χ3v) is 5.68. The molecule has 0 radical (unpaired) electrons. The molecule has 5 heteroatoms. The number of rotatable bonds is 6. The Labute approximate surface area is 170 Å². The standard InChI is InChI=1S/C22H22N2OS2/c1-23(2)19-13-11-18(12-14-19)9-6-10-20-21(25)24(22(26)27-20)16-15-17-7-4-3-5-8-17/h3-14H,15-16H2,1-2H3/b9-6+,20-10+. The second kappa shape index (κ2) is 9.02. The van der Waals surface area contributed by atoms with Crippen LogP contribution in [0.3, 0.4) is 0 Å². The van der Waals surface area contributed by atoms with Crippen molar-refractivity contribution in [2.45, 2.75) is 6.42 Å². The molecule has 0 aliphatic carbocycles. The average Bonchev–Trinajstić information content (AvgIpc) is 2.94. The van der Waals surface area contributed by atoms with E-state index in [9.17, 15) is 4.79 Å². The van der Waals surface area contributed by atoms with Crippen LogP contribution < -0.4 is 4.90 Å². The Morgan fingerprint density at radius 3 is 2.44 bits per heavy atom. The van der Waals surface area contributed by atoms with Crippen molar-refractivity contribution < 1.29 is 4.79 Å². The molecule has 0 aromatic heterocycles. The smallest absolute Gasteiger partial charge is 0.266 e. The number of carbonyl (C=O) groups is 1. The van der Waals surface area contributed by atoms with E-state index in [1.54, 1.807) is 4.90 Å². The Hall–Kier alpha value is -2.37. The minimum Gasteiger partial charge on any atom is -0.378 e. The molecular formula is C22H22N2OS2. The van der Waals surface area contributed by atoms with E-state index >= 15 is 0 Å². The Morgan fingerprint density at radius 2 is 1.78 bits per heavy atom. The number of hydrogen-bond acceptors (Lipinski definition) is 4. The van der Waals surface area contributed by atoms with E-state index in [0.717, 1.165) is 17.7 Å². The Morgan fingerprint density at radius 1 is 1.07 bits per heavy atom. The van der Waals surface area contributed by atoms with Gasteiger partial charge in [-0.3, -0.25) is 9.69 Å². The van der Waals surface area contributed by atoms with E-state index in [1.165, 1.54) is 17.3 Å². The van der Waals surface area contributed by atoms with Crippen LogP contribution in [0.15, 0.2) is 71.7 Å². The summed E-state index contributed by atoms with van der Waals surface area (Å²) in [4.78, 5) is 17.0. The average molecular weight is 395 g/mol. The normalized spacial score (nSPS) is 15.9. The van der Waals surface area contributed by atoms with E-state index in [2.05, 4.69) is 41.3 Å². The minimum atomic E-state index is -0.00598. The largest absolute Gasteiger partial charge is 0.378 e. The fourth-order valence-electron chi connectivity index (χ4n) is 2.72. The van der Waals surface area contributed by atoms with E-state index in [-0.39, 0.29) is 5.91 Å². The number of thioether (sulfide) groups is 1. The Bertz CT molecular complexity index is 871. The van der Waals surface area contributed by atoms with Crippen LogP contribution in [0, 0.1) is 0 Å². The summed E-state index contributed by atoms with van der Waals surface area (Å²) in [6, 6.07) is 18.4. The molecule has 1 heterocycles. The zero-order valence-corrected chi connectivity index (χ0v) is 17.1. The van der Waals surface area contributed by atoms with E-state index < -0.39 is 0 Å². The summed E-state index contributed by atoms with van der Waals surface area (Å²) in [6.07, 6.45) is 6.56. The maximum atomic E-state index is 12.6. The number of allylic oxidation sites excluding steroid dienone is 2. The summed E-state index contributed by atoms with van der Waals surface area (Å²) in [7, 11) is 4.04. The summed E-state index contributed by atoms with van der Waals surface area (Å²) in [5.41, 5.74) is 3.46. The predicted molar refractivity (Wildman–Crippen MR) is 120 cm³/mol. The fraction of sp³-hybridized carbons (Fsp3) is 0.182. The molecule has 1 amide bonds. The molecule has 0 atom stereocenters. The highest BCUT2D eigenvalue weighted by Crippen LogP contribution is 2.31. The molecule has 0 N–H and O–H groups in total. The topological polar surface area (TPSA) is 23.6 Å². The van der Waals surface area contributed by atoms with E-state index in [4.69, 9.17) is 12.2 Å². The van der Waals surface area contributed by atoms with Gasteiger partial charge in [-0.2, -0.15) is 0 Å². The number of anilines is 1. The highest BCUT2D eigenvalue weighted by molar-refractivity contribution is 8.26. The van der Waals surface area contributed by atoms with Crippen molar-refractivity contribution >= 4 is 46.0 Å². The van der Waals surface area contributed by atoms with Gasteiger partial charge >= 0.3 is 0 Å². The van der Waals surface area contributed by atoms with Gasteiger partial charge in [0.25, 0.3) is 5.91 Å². The zero-order valence-electron chi connectivity index (χ0n) is 15.5. The third kappa shape index (κ3) is 5.08. The first-order chi connectivity index (χ1) is 13.0. The van der Waals surface area contributed by atoms with Crippen molar-refractivity contribution in [1.29, 1.82) is 0 Å². The summed E-state index contributed by atoms with van der Waals surface area (Å²) in [5.74, 6) is -0.00598. The Balaban J connectivity index is 1.61. The lowest BCUT2D eigenvalue weighted by atomic mass is 10.1. The van der Waals surface area contributed by atoms with Crippen molar-refractivity contribution in [3.63, 3.8) is 0 Å². The number of nitrogens with zero attached hydrogens (tertiary/aromatic N) is 2. The van der Waals surface area contributed by atoms with Crippen molar-refractivity contribution in [2.24, 2.45) is 0 Å². The first kappa shape index (κ1) is 19.4. The van der Waals surface area contributed by atoms with Crippen molar-refractivity contribution in [3.05, 3.63) is 82.8 Å². The van der Waals surface area contributed by atoms with Crippen LogP contribution >= 0.6 is 24.0 Å². The molecule has 27 heavy (non-hydrogen) atoms. The van der Waals surface area contributed by atoms with Gasteiger partial charge < -0.3 is 4.90 Å². The first-order valence-corrected chi connectivity index (χ1v) is 10.0. The molecule has 2 aromatic carbocycles. The van der Waals surface area contributed by atoms with Crippen LogP contribution in [-0.2, 0) is 11.2 Å². The molecule has 138 valence electrons. The lowest BCUT2D eigenvalue weighted by Gasteiger charge is -2.14. The van der Waals surface area contributed by atoms with Gasteiger partial charge in [0.2, 0.25) is 0 Å². The molecule has 0 saturated carbocycles. The highest BCUT2D eigenvalue weighted by Gasteiger charge is 2.31. The van der Waals surface area contributed by atoms with Crippen molar-refractivity contribution in [2.75, 3.05) is 25.5 Å². The number of carbonyl (C=O) groups excluding carboxylic acids is 1. The SMILES string of the molecule is CN(C)c1ccc(/C=C/C=C2/SC(=S)N(CCc3ccccc3)C2=O)cc1. The summed E-state index contributed by atoms with van der Waals surface area (Å²) >= 11 is 6.76. The van der Waals surface area contributed by atoms with Crippen LogP contribution in [0.5, 0.6) is 0 Å². The van der Waals surface area contributed by atoms with Gasteiger partial charge in [-0.15, -0.1) is 0 Å². The zero-order chi connectivity index (χ0) is 19.2. The number of thiocarbonyl (C=S) groups is 1. The van der Waals surface area contributed by atoms with Crippen molar-refractivity contribution in [1.82, 2.24) is 4.90 Å². The molecule has 1 aliphatic rings. The predicted octanol–water partition coefficient (Wildman–Crippen LogP) is 4.75. The molecule has 1 aliphatic heterocycles. The second-order valence-corrected chi connectivity index (χ2v) is 8.11. The third-order valence-electron chi connectivity index (χ3n) is 4.29. The van der Waals surface area contributed by atoms with Crippen LogP contribution in [0.4, 0.5) is 5.69 Å². The van der Waals surface area contributed by atoms with Gasteiger partial charge in [0.05, 0.1) is 4.91 Å². The summed E-state index contributed by atoms with van der Waals surface area (Å²) in [6.45, 7) is 0.613. The molecule has 0 spiro atoms. The first-order valence-electron chi connectivity index (χ1n) is 8.78. The maximum absolute atomic E-state index is 12.6. The van der Waals surface area contributed by atoms with Crippen LogP contribution in [0.1, 0.15) is 11.1 Å². The van der Waals surface area contributed by atoms with Gasteiger partial charge in [-0.05, 0) is 35.8 Å². The molecule has 2 aromatic rings. The lowest BCUT2D eigenvalue weighted by Crippen LogP contribution is -2.30. The quantitative estimate of drug-likeness (QED) is 0.521. The summed E-state index contributed by atoms with van der Waals surface area (Å²) < 4.78 is 0.630. The minimum absolute atomic E-state index is 0.00598. The fourth-order valence-corrected chi connectivity index (χ4v) is 3.98. The van der Waals surface area contributed by atoms with Gasteiger partial charge in [0.1, 0.15) is 4.32 Å².